The molecule has 0 unspecified atom stereocenters. The molecule has 1 atom stereocenters. The van der Waals surface area contributed by atoms with Crippen molar-refractivity contribution in [3.8, 4) is 0 Å². The molecule has 2 aromatic heterocycles. The maximum Gasteiger partial charge on any atom is 0.0646 e. The zero-order valence-electron chi connectivity index (χ0n) is 9.09. The van der Waals surface area contributed by atoms with Gasteiger partial charge in [-0.15, -0.1) is 11.3 Å². The average molecular weight is 250 g/mol. The first-order valence-electron chi connectivity index (χ1n) is 5.22. The first kappa shape index (κ1) is 11.6. The molecule has 2 aromatic rings. The zero-order valence-corrected chi connectivity index (χ0v) is 10.7. The second kappa shape index (κ2) is 5.48. The lowest BCUT2D eigenvalue weighted by Crippen LogP contribution is -2.10. The summed E-state index contributed by atoms with van der Waals surface area (Å²) in [5, 5.41) is 2.08. The van der Waals surface area contributed by atoms with Gasteiger partial charge in [0.15, 0.2) is 0 Å². The van der Waals surface area contributed by atoms with Crippen LogP contribution >= 0.6 is 23.1 Å². The zero-order chi connectivity index (χ0) is 11.4. The minimum Gasteiger partial charge on any atom is -0.323 e. The summed E-state index contributed by atoms with van der Waals surface area (Å²) in [5.41, 5.74) is 6.88. The molecular formula is C12H14N2S2. The van der Waals surface area contributed by atoms with Crippen molar-refractivity contribution < 1.29 is 0 Å². The summed E-state index contributed by atoms with van der Waals surface area (Å²) in [6.45, 7) is 2.07. The Labute approximate surface area is 104 Å². The highest BCUT2D eigenvalue weighted by Gasteiger charge is 2.05. The molecule has 0 aliphatic carbocycles. The van der Waals surface area contributed by atoms with Crippen LogP contribution in [0.15, 0.2) is 44.9 Å². The van der Waals surface area contributed by atoms with E-state index in [0.29, 0.717) is 0 Å². The van der Waals surface area contributed by atoms with Crippen LogP contribution < -0.4 is 5.73 Å². The minimum absolute atomic E-state index is 0.0563. The second-order valence-corrected chi connectivity index (χ2v) is 5.79. The number of thiophene rings is 1. The number of nitrogens with zero attached hydrogens (tertiary/aromatic N) is 1. The van der Waals surface area contributed by atoms with Crippen molar-refractivity contribution in [1.82, 2.24) is 4.98 Å². The third kappa shape index (κ3) is 2.84. The largest absolute Gasteiger partial charge is 0.323 e. The normalized spacial score (nSPS) is 12.6. The Morgan fingerprint density at radius 1 is 1.44 bits per heavy atom. The molecule has 2 nitrogen and oxygen atoms in total. The maximum atomic E-state index is 5.91. The minimum atomic E-state index is 0.0563. The molecule has 0 bridgehead atoms. The fourth-order valence-electron chi connectivity index (χ4n) is 1.32. The molecule has 0 radical (unpaired) electrons. The number of aromatic nitrogens is 1. The van der Waals surface area contributed by atoms with Crippen molar-refractivity contribution >= 4 is 23.1 Å². The molecule has 4 heteroatoms. The first-order chi connectivity index (χ1) is 7.79. The SMILES string of the molecule is CC[C@@H](N)c1ccc(Sc2cccs2)cn1. The number of nitrogens with two attached hydrogens (primary N) is 1. The molecule has 0 aliphatic heterocycles. The van der Waals surface area contributed by atoms with Gasteiger partial charge in [-0.3, -0.25) is 4.98 Å². The van der Waals surface area contributed by atoms with E-state index in [1.165, 1.54) is 4.21 Å². The standard InChI is InChI=1S/C12H14N2S2/c1-2-10(13)11-6-5-9(8-14-11)16-12-4-3-7-15-12/h3-8,10H,2,13H2,1H3/t10-/m1/s1. The van der Waals surface area contributed by atoms with Crippen LogP contribution in [0.4, 0.5) is 0 Å². The third-order valence-corrected chi connectivity index (χ3v) is 4.31. The van der Waals surface area contributed by atoms with Gasteiger partial charge in [0.05, 0.1) is 9.90 Å². The number of rotatable bonds is 4. The molecule has 0 aliphatic rings. The summed E-state index contributed by atoms with van der Waals surface area (Å²) >= 11 is 3.48. The predicted molar refractivity (Wildman–Crippen MR) is 69.9 cm³/mol. The fourth-order valence-corrected chi connectivity index (χ4v) is 3.03. The van der Waals surface area contributed by atoms with Gasteiger partial charge >= 0.3 is 0 Å². The summed E-state index contributed by atoms with van der Waals surface area (Å²) < 4.78 is 1.29. The Morgan fingerprint density at radius 3 is 2.88 bits per heavy atom. The lowest BCUT2D eigenvalue weighted by molar-refractivity contribution is 0.674. The molecule has 2 heterocycles. The van der Waals surface area contributed by atoms with Gasteiger partial charge in [-0.1, -0.05) is 24.8 Å². The van der Waals surface area contributed by atoms with E-state index < -0.39 is 0 Å². The molecular weight excluding hydrogens is 236 g/mol. The molecule has 0 amide bonds. The van der Waals surface area contributed by atoms with Gasteiger partial charge in [-0.25, -0.2) is 0 Å². The predicted octanol–water partition coefficient (Wildman–Crippen LogP) is 3.70. The Kier molecular flexibility index (Phi) is 3.98. The van der Waals surface area contributed by atoms with E-state index in [1.807, 2.05) is 12.3 Å². The monoisotopic (exact) mass is 250 g/mol. The van der Waals surface area contributed by atoms with Gasteiger partial charge in [0, 0.05) is 17.1 Å². The summed E-state index contributed by atoms with van der Waals surface area (Å²) in [6.07, 6.45) is 2.82. The lowest BCUT2D eigenvalue weighted by atomic mass is 10.1. The number of hydrogen-bond donors (Lipinski definition) is 1. The molecule has 0 saturated carbocycles. The lowest BCUT2D eigenvalue weighted by Gasteiger charge is -2.07. The molecule has 0 fully saturated rings. The van der Waals surface area contributed by atoms with Crippen molar-refractivity contribution in [2.75, 3.05) is 0 Å². The van der Waals surface area contributed by atoms with Crippen molar-refractivity contribution in [3.63, 3.8) is 0 Å². The summed E-state index contributed by atoms with van der Waals surface area (Å²) in [6, 6.07) is 8.33. The third-order valence-electron chi connectivity index (χ3n) is 2.29. The average Bonchev–Trinajstić information content (AvgIpc) is 2.82. The van der Waals surface area contributed by atoms with Crippen LogP contribution in [-0.2, 0) is 0 Å². The smallest absolute Gasteiger partial charge is 0.0646 e. The van der Waals surface area contributed by atoms with Gasteiger partial charge in [0.1, 0.15) is 0 Å². The first-order valence-corrected chi connectivity index (χ1v) is 6.92. The second-order valence-electron chi connectivity index (χ2n) is 3.47. The molecule has 0 saturated heterocycles. The van der Waals surface area contributed by atoms with Crippen LogP contribution in [0.5, 0.6) is 0 Å². The number of pyridine rings is 1. The Bertz CT molecular complexity index is 423. The topological polar surface area (TPSA) is 38.9 Å². The van der Waals surface area contributed by atoms with Crippen molar-refractivity contribution in [2.24, 2.45) is 5.73 Å². The van der Waals surface area contributed by atoms with Crippen LogP contribution in [0.25, 0.3) is 0 Å². The molecule has 2 rings (SSSR count). The Hall–Kier alpha value is -0.840. The van der Waals surface area contributed by atoms with Crippen molar-refractivity contribution in [3.05, 3.63) is 41.5 Å². The molecule has 84 valence electrons. The van der Waals surface area contributed by atoms with Crippen LogP contribution in [-0.4, -0.2) is 4.98 Å². The quantitative estimate of drug-likeness (QED) is 0.899. The van der Waals surface area contributed by atoms with E-state index in [9.17, 15) is 0 Å². The summed E-state index contributed by atoms with van der Waals surface area (Å²) in [7, 11) is 0. The van der Waals surface area contributed by atoms with Gasteiger partial charge in [-0.2, -0.15) is 0 Å². The van der Waals surface area contributed by atoms with Crippen LogP contribution in [0.1, 0.15) is 25.1 Å². The van der Waals surface area contributed by atoms with E-state index in [4.69, 9.17) is 5.73 Å². The van der Waals surface area contributed by atoms with Crippen LogP contribution in [0.3, 0.4) is 0 Å². The highest BCUT2D eigenvalue weighted by molar-refractivity contribution is 8.01. The maximum absolute atomic E-state index is 5.91. The van der Waals surface area contributed by atoms with Crippen molar-refractivity contribution in [1.29, 1.82) is 0 Å². The van der Waals surface area contributed by atoms with Crippen LogP contribution in [0, 0.1) is 0 Å². The van der Waals surface area contributed by atoms with Gasteiger partial charge < -0.3 is 5.73 Å². The van der Waals surface area contributed by atoms with E-state index >= 15 is 0 Å². The van der Waals surface area contributed by atoms with E-state index in [0.717, 1.165) is 17.0 Å². The van der Waals surface area contributed by atoms with E-state index in [1.54, 1.807) is 23.1 Å². The molecule has 0 aromatic carbocycles. The van der Waals surface area contributed by atoms with Gasteiger partial charge in [-0.05, 0) is 30.0 Å². The summed E-state index contributed by atoms with van der Waals surface area (Å²) in [4.78, 5) is 5.55. The van der Waals surface area contributed by atoms with Gasteiger partial charge in [0.2, 0.25) is 0 Å². The molecule has 0 spiro atoms. The van der Waals surface area contributed by atoms with Crippen molar-refractivity contribution in [2.45, 2.75) is 28.5 Å². The van der Waals surface area contributed by atoms with Gasteiger partial charge in [0.25, 0.3) is 0 Å². The Balaban J connectivity index is 2.07. The molecule has 2 N–H and O–H groups in total. The highest BCUT2D eigenvalue weighted by Crippen LogP contribution is 2.30. The van der Waals surface area contributed by atoms with E-state index in [2.05, 4.69) is 35.5 Å². The Morgan fingerprint density at radius 2 is 2.31 bits per heavy atom. The number of hydrogen-bond acceptors (Lipinski definition) is 4. The fraction of sp³-hybridized carbons (Fsp3) is 0.250. The summed E-state index contributed by atoms with van der Waals surface area (Å²) in [5.74, 6) is 0. The highest BCUT2D eigenvalue weighted by atomic mass is 32.2. The van der Waals surface area contributed by atoms with Crippen LogP contribution in [0.2, 0.25) is 0 Å². The van der Waals surface area contributed by atoms with E-state index in [-0.39, 0.29) is 6.04 Å². The molecule has 16 heavy (non-hydrogen) atoms.